The third kappa shape index (κ3) is 0.882. The van der Waals surface area contributed by atoms with E-state index in [2.05, 4.69) is 13.8 Å². The van der Waals surface area contributed by atoms with Crippen LogP contribution in [0.3, 0.4) is 0 Å². The molecule has 68 valence electrons. The van der Waals surface area contributed by atoms with Crippen LogP contribution in [0.5, 0.6) is 0 Å². The van der Waals surface area contributed by atoms with Gasteiger partial charge >= 0.3 is 0 Å². The minimum absolute atomic E-state index is 0.229. The zero-order valence-electron chi connectivity index (χ0n) is 7.80. The molecule has 2 heterocycles. The van der Waals surface area contributed by atoms with Crippen LogP contribution in [0.15, 0.2) is 0 Å². The Morgan fingerprint density at radius 3 is 2.58 bits per heavy atom. The summed E-state index contributed by atoms with van der Waals surface area (Å²) in [6, 6.07) is 0. The molecular formula is C10H16O2. The van der Waals surface area contributed by atoms with Crippen molar-refractivity contribution in [3.63, 3.8) is 0 Å². The van der Waals surface area contributed by atoms with E-state index in [0.29, 0.717) is 6.10 Å². The van der Waals surface area contributed by atoms with Gasteiger partial charge in [0.2, 0.25) is 0 Å². The monoisotopic (exact) mass is 168 g/mol. The maximum atomic E-state index is 5.66. The van der Waals surface area contributed by atoms with Crippen molar-refractivity contribution in [2.75, 3.05) is 6.61 Å². The summed E-state index contributed by atoms with van der Waals surface area (Å²) in [5.74, 6) is 0.762. The molecule has 0 radical (unpaired) electrons. The highest BCUT2D eigenvalue weighted by Gasteiger charge is 2.60. The minimum atomic E-state index is 0.229. The predicted molar refractivity (Wildman–Crippen MR) is 45.0 cm³/mol. The van der Waals surface area contributed by atoms with E-state index >= 15 is 0 Å². The Morgan fingerprint density at radius 2 is 2.00 bits per heavy atom. The van der Waals surface area contributed by atoms with Crippen molar-refractivity contribution in [2.24, 2.45) is 5.92 Å². The normalized spacial score (nSPS) is 62.5. The highest BCUT2D eigenvalue weighted by molar-refractivity contribution is 5.08. The Labute approximate surface area is 73.2 Å². The molecule has 2 saturated heterocycles. The second kappa shape index (κ2) is 1.88. The van der Waals surface area contributed by atoms with Gasteiger partial charge in [0.1, 0.15) is 0 Å². The van der Waals surface area contributed by atoms with Crippen LogP contribution < -0.4 is 0 Å². The first-order valence-electron chi connectivity index (χ1n) is 4.94. The summed E-state index contributed by atoms with van der Waals surface area (Å²) in [6.07, 6.45) is 4.31. The minimum Gasteiger partial charge on any atom is -0.370 e. The Kier molecular flexibility index (Phi) is 1.15. The standard InChI is InChI=1S/C10H16O2/c1-9-4-3-7(5-8(9)12-9)10(2)6-11-10/h7-8H,3-6H2,1-2H3/t7-,8?,9?,10?/m0/s1. The average molecular weight is 168 g/mol. The van der Waals surface area contributed by atoms with E-state index in [1.807, 2.05) is 0 Å². The van der Waals surface area contributed by atoms with Gasteiger partial charge in [-0.25, -0.2) is 0 Å². The Hall–Kier alpha value is -0.0800. The Bertz CT molecular complexity index is 222. The van der Waals surface area contributed by atoms with Gasteiger partial charge in [-0.05, 0) is 39.0 Å². The lowest BCUT2D eigenvalue weighted by atomic mass is 9.77. The molecule has 1 aliphatic carbocycles. The van der Waals surface area contributed by atoms with Crippen LogP contribution in [0.4, 0.5) is 0 Å². The molecule has 3 fully saturated rings. The van der Waals surface area contributed by atoms with Gasteiger partial charge in [-0.1, -0.05) is 0 Å². The van der Waals surface area contributed by atoms with Crippen molar-refractivity contribution in [3.8, 4) is 0 Å². The molecule has 0 spiro atoms. The fourth-order valence-corrected chi connectivity index (χ4v) is 2.55. The van der Waals surface area contributed by atoms with Crippen molar-refractivity contribution >= 4 is 0 Å². The summed E-state index contributed by atoms with van der Waals surface area (Å²) in [5.41, 5.74) is 0.495. The summed E-state index contributed by atoms with van der Waals surface area (Å²) >= 11 is 0. The van der Waals surface area contributed by atoms with Crippen molar-refractivity contribution in [1.82, 2.24) is 0 Å². The van der Waals surface area contributed by atoms with Gasteiger partial charge in [-0.3, -0.25) is 0 Å². The Balaban J connectivity index is 1.70. The van der Waals surface area contributed by atoms with Crippen molar-refractivity contribution in [3.05, 3.63) is 0 Å². The van der Waals surface area contributed by atoms with Gasteiger partial charge in [0.05, 0.1) is 23.9 Å². The third-order valence-electron chi connectivity index (χ3n) is 3.99. The van der Waals surface area contributed by atoms with E-state index in [-0.39, 0.29) is 11.2 Å². The molecule has 2 nitrogen and oxygen atoms in total. The number of rotatable bonds is 1. The molecule has 0 aromatic rings. The van der Waals surface area contributed by atoms with Gasteiger partial charge in [0.15, 0.2) is 0 Å². The number of hydrogen-bond acceptors (Lipinski definition) is 2. The van der Waals surface area contributed by atoms with E-state index in [1.54, 1.807) is 0 Å². The highest BCUT2D eigenvalue weighted by atomic mass is 16.6. The first-order chi connectivity index (χ1) is 5.62. The lowest BCUT2D eigenvalue weighted by molar-refractivity contribution is 0.191. The predicted octanol–water partition coefficient (Wildman–Crippen LogP) is 1.73. The molecule has 12 heavy (non-hydrogen) atoms. The van der Waals surface area contributed by atoms with Crippen LogP contribution in [0.2, 0.25) is 0 Å². The third-order valence-corrected chi connectivity index (χ3v) is 3.99. The summed E-state index contributed by atoms with van der Waals surface area (Å²) in [4.78, 5) is 0. The average Bonchev–Trinajstić information content (AvgIpc) is 2.86. The van der Waals surface area contributed by atoms with E-state index in [4.69, 9.17) is 9.47 Å². The molecule has 0 N–H and O–H groups in total. The first kappa shape index (κ1) is 7.34. The van der Waals surface area contributed by atoms with Gasteiger partial charge in [-0.15, -0.1) is 0 Å². The molecule has 0 aromatic heterocycles. The topological polar surface area (TPSA) is 25.1 Å². The van der Waals surface area contributed by atoms with Crippen LogP contribution >= 0.6 is 0 Å². The number of ether oxygens (including phenoxy) is 2. The molecular weight excluding hydrogens is 152 g/mol. The van der Waals surface area contributed by atoms with Crippen LogP contribution in [0.1, 0.15) is 33.1 Å². The van der Waals surface area contributed by atoms with E-state index in [1.165, 1.54) is 19.3 Å². The largest absolute Gasteiger partial charge is 0.370 e. The lowest BCUT2D eigenvalue weighted by Crippen LogP contribution is -2.29. The second-order valence-corrected chi connectivity index (χ2v) is 4.99. The summed E-state index contributed by atoms with van der Waals surface area (Å²) in [6.45, 7) is 5.45. The maximum absolute atomic E-state index is 5.66. The van der Waals surface area contributed by atoms with Crippen LogP contribution in [0.25, 0.3) is 0 Å². The maximum Gasteiger partial charge on any atom is 0.0920 e. The highest BCUT2D eigenvalue weighted by Crippen LogP contribution is 2.54. The molecule has 0 aromatic carbocycles. The molecule has 0 bridgehead atoms. The second-order valence-electron chi connectivity index (χ2n) is 4.99. The summed E-state index contributed by atoms with van der Waals surface area (Å²) in [5, 5.41) is 0. The summed E-state index contributed by atoms with van der Waals surface area (Å²) in [7, 11) is 0. The van der Waals surface area contributed by atoms with Gasteiger partial charge in [0, 0.05) is 0 Å². The number of epoxide rings is 2. The number of hydrogen-bond donors (Lipinski definition) is 0. The van der Waals surface area contributed by atoms with Crippen molar-refractivity contribution in [2.45, 2.75) is 50.4 Å². The van der Waals surface area contributed by atoms with Gasteiger partial charge in [0.25, 0.3) is 0 Å². The number of fused-ring (bicyclic) bond motifs is 1. The van der Waals surface area contributed by atoms with E-state index in [0.717, 1.165) is 12.5 Å². The molecule has 4 atom stereocenters. The van der Waals surface area contributed by atoms with Crippen molar-refractivity contribution < 1.29 is 9.47 Å². The molecule has 0 amide bonds. The molecule has 2 aliphatic heterocycles. The Morgan fingerprint density at radius 1 is 1.25 bits per heavy atom. The zero-order valence-corrected chi connectivity index (χ0v) is 7.80. The van der Waals surface area contributed by atoms with Crippen LogP contribution in [-0.2, 0) is 9.47 Å². The molecule has 1 saturated carbocycles. The smallest absolute Gasteiger partial charge is 0.0920 e. The first-order valence-corrected chi connectivity index (χ1v) is 4.94. The summed E-state index contributed by atoms with van der Waals surface area (Å²) < 4.78 is 11.1. The molecule has 2 heteroatoms. The SMILES string of the molecule is CC12CC[C@H](C3(C)CO3)CC1O2. The zero-order chi connectivity index (χ0) is 8.40. The molecule has 3 unspecified atom stereocenters. The fraction of sp³-hybridized carbons (Fsp3) is 1.00. The van der Waals surface area contributed by atoms with E-state index in [9.17, 15) is 0 Å². The molecule has 3 aliphatic rings. The van der Waals surface area contributed by atoms with Crippen molar-refractivity contribution in [1.29, 1.82) is 0 Å². The van der Waals surface area contributed by atoms with Crippen LogP contribution in [-0.4, -0.2) is 23.9 Å². The van der Waals surface area contributed by atoms with Crippen LogP contribution in [0, 0.1) is 5.92 Å². The fourth-order valence-electron chi connectivity index (χ4n) is 2.55. The molecule has 3 rings (SSSR count). The van der Waals surface area contributed by atoms with Gasteiger partial charge in [-0.2, -0.15) is 0 Å². The van der Waals surface area contributed by atoms with Gasteiger partial charge < -0.3 is 9.47 Å². The lowest BCUT2D eigenvalue weighted by Gasteiger charge is -2.25. The van der Waals surface area contributed by atoms with E-state index < -0.39 is 0 Å². The quantitative estimate of drug-likeness (QED) is 0.557.